The smallest absolute Gasteiger partial charge is 0.249 e. The number of piperidine rings is 1. The van der Waals surface area contributed by atoms with Crippen molar-refractivity contribution in [3.8, 4) is 0 Å². The molecule has 2 unspecified atom stereocenters. The summed E-state index contributed by atoms with van der Waals surface area (Å²) in [6.07, 6.45) is 4.91. The van der Waals surface area contributed by atoms with E-state index >= 15 is 0 Å². The van der Waals surface area contributed by atoms with E-state index in [1.807, 2.05) is 0 Å². The highest BCUT2D eigenvalue weighted by molar-refractivity contribution is 5.81. The molecule has 2 atom stereocenters. The Hall–Kier alpha value is -1.53. The van der Waals surface area contributed by atoms with Crippen molar-refractivity contribution in [1.29, 1.82) is 0 Å². The zero-order valence-corrected chi connectivity index (χ0v) is 15.0. The molecule has 0 radical (unpaired) electrons. The van der Waals surface area contributed by atoms with Crippen molar-refractivity contribution in [3.05, 3.63) is 35.4 Å². The third kappa shape index (κ3) is 4.07. The molecule has 6 heteroatoms. The number of ether oxygens (including phenoxy) is 1. The van der Waals surface area contributed by atoms with Gasteiger partial charge in [0.2, 0.25) is 5.91 Å². The predicted molar refractivity (Wildman–Crippen MR) is 93.4 cm³/mol. The van der Waals surface area contributed by atoms with Gasteiger partial charge in [0.15, 0.2) is 11.6 Å². The normalized spacial score (nSPS) is 29.2. The fraction of sp³-hybridized carbons (Fsp3) is 0.650. The number of nitrogens with one attached hydrogen (secondary N) is 1. The van der Waals surface area contributed by atoms with E-state index in [1.54, 1.807) is 6.07 Å². The summed E-state index contributed by atoms with van der Waals surface area (Å²) < 4.78 is 32.4. The lowest BCUT2D eigenvalue weighted by molar-refractivity contribution is -0.130. The minimum Gasteiger partial charge on any atom is -0.368 e. The maximum Gasteiger partial charge on any atom is 0.249 e. The Labute approximate surface area is 152 Å². The van der Waals surface area contributed by atoms with Gasteiger partial charge in [0, 0.05) is 25.0 Å². The Morgan fingerprint density at radius 2 is 2.15 bits per heavy atom. The first-order chi connectivity index (χ1) is 12.5. The Morgan fingerprint density at radius 3 is 2.92 bits per heavy atom. The number of halogens is 2. The molecule has 142 valence electrons. The molecule has 1 aliphatic carbocycles. The lowest BCUT2D eigenvalue weighted by Gasteiger charge is -2.39. The molecule has 26 heavy (non-hydrogen) atoms. The van der Waals surface area contributed by atoms with E-state index in [4.69, 9.17) is 4.74 Å². The van der Waals surface area contributed by atoms with Gasteiger partial charge in [-0.15, -0.1) is 0 Å². The third-order valence-corrected chi connectivity index (χ3v) is 5.89. The summed E-state index contributed by atoms with van der Waals surface area (Å²) in [6.45, 7) is 3.73. The van der Waals surface area contributed by atoms with Gasteiger partial charge in [-0.25, -0.2) is 8.78 Å². The Kier molecular flexibility index (Phi) is 4.97. The number of benzene rings is 1. The first-order valence-corrected chi connectivity index (χ1v) is 9.59. The highest BCUT2D eigenvalue weighted by Gasteiger charge is 2.45. The van der Waals surface area contributed by atoms with Crippen molar-refractivity contribution in [1.82, 2.24) is 10.2 Å². The Morgan fingerprint density at radius 1 is 1.31 bits per heavy atom. The van der Waals surface area contributed by atoms with Gasteiger partial charge in [0.05, 0.1) is 6.61 Å². The standard InChI is InChI=1S/C20H26F2N2O2/c21-16-5-4-15(8-17(16)22)11-24-7-1-6-20(12-24)9-18(26-13-20)19(25)23-10-14-2-3-14/h4-5,8,14,18H,1-3,6-7,9-13H2,(H,23,25). The van der Waals surface area contributed by atoms with Crippen molar-refractivity contribution in [2.75, 3.05) is 26.2 Å². The van der Waals surface area contributed by atoms with E-state index in [2.05, 4.69) is 10.2 Å². The van der Waals surface area contributed by atoms with Crippen LogP contribution in [-0.4, -0.2) is 43.2 Å². The minimum atomic E-state index is -0.812. The van der Waals surface area contributed by atoms with E-state index in [1.165, 1.54) is 25.0 Å². The number of carbonyl (C=O) groups is 1. The van der Waals surface area contributed by atoms with Crippen LogP contribution in [0.25, 0.3) is 0 Å². The summed E-state index contributed by atoms with van der Waals surface area (Å²) >= 11 is 0. The molecule has 0 bridgehead atoms. The summed E-state index contributed by atoms with van der Waals surface area (Å²) in [7, 11) is 0. The number of likely N-dealkylation sites (tertiary alicyclic amines) is 1. The molecule has 4 rings (SSSR count). The molecular weight excluding hydrogens is 338 g/mol. The predicted octanol–water partition coefficient (Wildman–Crippen LogP) is 2.86. The van der Waals surface area contributed by atoms with Crippen molar-refractivity contribution >= 4 is 5.91 Å². The van der Waals surface area contributed by atoms with Gasteiger partial charge in [-0.1, -0.05) is 6.07 Å². The molecule has 3 fully saturated rings. The van der Waals surface area contributed by atoms with Gasteiger partial charge in [0.1, 0.15) is 6.10 Å². The second kappa shape index (κ2) is 7.24. The Bertz CT molecular complexity index is 680. The number of hydrogen-bond donors (Lipinski definition) is 1. The van der Waals surface area contributed by atoms with Crippen LogP contribution in [0.2, 0.25) is 0 Å². The fourth-order valence-electron chi connectivity index (χ4n) is 4.26. The molecule has 1 N–H and O–H groups in total. The van der Waals surface area contributed by atoms with E-state index in [9.17, 15) is 13.6 Å². The highest BCUT2D eigenvalue weighted by atomic mass is 19.2. The van der Waals surface area contributed by atoms with Gasteiger partial charge in [0.25, 0.3) is 0 Å². The first kappa shape index (κ1) is 17.9. The number of nitrogens with zero attached hydrogens (tertiary/aromatic N) is 1. The number of hydrogen-bond acceptors (Lipinski definition) is 3. The lowest BCUT2D eigenvalue weighted by atomic mass is 9.78. The van der Waals surface area contributed by atoms with Crippen LogP contribution in [0.15, 0.2) is 18.2 Å². The van der Waals surface area contributed by atoms with E-state index < -0.39 is 11.6 Å². The van der Waals surface area contributed by atoms with Crippen LogP contribution in [0, 0.1) is 23.0 Å². The zero-order valence-electron chi connectivity index (χ0n) is 15.0. The molecule has 1 spiro atoms. The van der Waals surface area contributed by atoms with Gasteiger partial charge < -0.3 is 10.1 Å². The molecule has 3 aliphatic rings. The Balaban J connectivity index is 1.33. The monoisotopic (exact) mass is 364 g/mol. The molecule has 0 aromatic heterocycles. The third-order valence-electron chi connectivity index (χ3n) is 5.89. The average Bonchev–Trinajstić information content (AvgIpc) is 3.37. The average molecular weight is 364 g/mol. The topological polar surface area (TPSA) is 41.6 Å². The molecule has 2 aliphatic heterocycles. The molecular formula is C20H26F2N2O2. The number of carbonyl (C=O) groups excluding carboxylic acids is 1. The summed E-state index contributed by atoms with van der Waals surface area (Å²) in [4.78, 5) is 14.6. The molecule has 2 heterocycles. The zero-order chi connectivity index (χ0) is 18.1. The molecule has 2 saturated heterocycles. The van der Waals surface area contributed by atoms with Crippen LogP contribution in [0.4, 0.5) is 8.78 Å². The largest absolute Gasteiger partial charge is 0.368 e. The van der Waals surface area contributed by atoms with Gasteiger partial charge in [-0.2, -0.15) is 0 Å². The second-order valence-electron chi connectivity index (χ2n) is 8.25. The van der Waals surface area contributed by atoms with E-state index in [0.29, 0.717) is 19.1 Å². The van der Waals surface area contributed by atoms with Crippen LogP contribution < -0.4 is 5.32 Å². The molecule has 1 aromatic rings. The van der Waals surface area contributed by atoms with Crippen LogP contribution in [0.3, 0.4) is 0 Å². The van der Waals surface area contributed by atoms with Gasteiger partial charge in [-0.3, -0.25) is 9.69 Å². The first-order valence-electron chi connectivity index (χ1n) is 9.59. The van der Waals surface area contributed by atoms with Crippen LogP contribution in [0.1, 0.15) is 37.7 Å². The van der Waals surface area contributed by atoms with E-state index in [0.717, 1.165) is 44.5 Å². The quantitative estimate of drug-likeness (QED) is 0.874. The lowest BCUT2D eigenvalue weighted by Crippen LogP contribution is -2.44. The van der Waals surface area contributed by atoms with Crippen LogP contribution in [-0.2, 0) is 16.1 Å². The minimum absolute atomic E-state index is 0.00158. The fourth-order valence-corrected chi connectivity index (χ4v) is 4.26. The SMILES string of the molecule is O=C(NCC1CC1)C1CC2(CCCN(Cc3ccc(F)c(F)c3)C2)CO1. The van der Waals surface area contributed by atoms with E-state index in [-0.39, 0.29) is 17.4 Å². The number of rotatable bonds is 5. The van der Waals surface area contributed by atoms with Crippen molar-refractivity contribution < 1.29 is 18.3 Å². The van der Waals surface area contributed by atoms with Gasteiger partial charge >= 0.3 is 0 Å². The summed E-state index contributed by atoms with van der Waals surface area (Å²) in [6, 6.07) is 4.10. The number of amides is 1. The second-order valence-corrected chi connectivity index (χ2v) is 8.25. The van der Waals surface area contributed by atoms with Gasteiger partial charge in [-0.05, 0) is 62.3 Å². The molecule has 1 saturated carbocycles. The van der Waals surface area contributed by atoms with Crippen LogP contribution >= 0.6 is 0 Å². The summed E-state index contributed by atoms with van der Waals surface area (Å²) in [5, 5.41) is 3.02. The molecule has 1 amide bonds. The summed E-state index contributed by atoms with van der Waals surface area (Å²) in [5.74, 6) is -0.930. The maximum atomic E-state index is 13.4. The van der Waals surface area contributed by atoms with Crippen molar-refractivity contribution in [2.45, 2.75) is 44.8 Å². The van der Waals surface area contributed by atoms with Crippen molar-refractivity contribution in [3.63, 3.8) is 0 Å². The van der Waals surface area contributed by atoms with Crippen molar-refractivity contribution in [2.24, 2.45) is 11.3 Å². The molecule has 1 aromatic carbocycles. The maximum absolute atomic E-state index is 13.4. The highest BCUT2D eigenvalue weighted by Crippen LogP contribution is 2.41. The molecule has 4 nitrogen and oxygen atoms in total. The summed E-state index contributed by atoms with van der Waals surface area (Å²) in [5.41, 5.74) is 0.775. The van der Waals surface area contributed by atoms with Crippen LogP contribution in [0.5, 0.6) is 0 Å².